The first-order chi connectivity index (χ1) is 11.0. The van der Waals surface area contributed by atoms with E-state index in [0.717, 1.165) is 17.2 Å². The maximum Gasteiger partial charge on any atom is 0.220 e. The van der Waals surface area contributed by atoms with Crippen molar-refractivity contribution in [3.63, 3.8) is 0 Å². The van der Waals surface area contributed by atoms with Crippen molar-refractivity contribution in [3.8, 4) is 0 Å². The number of aliphatic hydroxyl groups excluding tert-OH is 1. The molecule has 0 heterocycles. The zero-order valence-corrected chi connectivity index (χ0v) is 12.9. The molecule has 1 atom stereocenters. The minimum Gasteiger partial charge on any atom is -0.387 e. The van der Waals surface area contributed by atoms with Gasteiger partial charge in [-0.25, -0.2) is 8.78 Å². The number of aliphatic hydroxyl groups is 1. The largest absolute Gasteiger partial charge is 0.387 e. The molecule has 1 unspecified atom stereocenters. The van der Waals surface area contributed by atoms with Crippen LogP contribution in [0.2, 0.25) is 0 Å². The minimum absolute atomic E-state index is 0.0286. The third kappa shape index (κ3) is 4.60. The summed E-state index contributed by atoms with van der Waals surface area (Å²) in [6, 6.07) is 11.3. The van der Waals surface area contributed by atoms with Crippen LogP contribution in [-0.2, 0) is 11.2 Å². The smallest absolute Gasteiger partial charge is 0.220 e. The van der Waals surface area contributed by atoms with E-state index >= 15 is 0 Å². The number of nitrogens with one attached hydrogen (secondary N) is 1. The summed E-state index contributed by atoms with van der Waals surface area (Å²) in [5.74, 6) is -2.15. The molecule has 0 saturated heterocycles. The number of hydrogen-bond acceptors (Lipinski definition) is 2. The van der Waals surface area contributed by atoms with Gasteiger partial charge in [0.15, 0.2) is 11.6 Å². The Morgan fingerprint density at radius 3 is 2.65 bits per heavy atom. The van der Waals surface area contributed by atoms with E-state index in [0.29, 0.717) is 0 Å². The van der Waals surface area contributed by atoms with E-state index in [2.05, 4.69) is 5.32 Å². The Morgan fingerprint density at radius 2 is 1.91 bits per heavy atom. The van der Waals surface area contributed by atoms with Gasteiger partial charge in [0, 0.05) is 13.0 Å². The molecule has 3 nitrogen and oxygen atoms in total. The highest BCUT2D eigenvalue weighted by Gasteiger charge is 2.13. The number of amides is 1. The minimum atomic E-state index is -0.919. The second-order valence-corrected chi connectivity index (χ2v) is 5.39. The van der Waals surface area contributed by atoms with E-state index in [9.17, 15) is 18.7 Å². The number of benzene rings is 2. The van der Waals surface area contributed by atoms with E-state index in [4.69, 9.17) is 0 Å². The van der Waals surface area contributed by atoms with Crippen molar-refractivity contribution in [2.24, 2.45) is 0 Å². The highest BCUT2D eigenvalue weighted by molar-refractivity contribution is 5.76. The molecule has 1 amide bonds. The molecule has 2 rings (SSSR count). The van der Waals surface area contributed by atoms with Crippen LogP contribution < -0.4 is 5.32 Å². The highest BCUT2D eigenvalue weighted by atomic mass is 19.2. The Bertz CT molecular complexity index is 688. The van der Waals surface area contributed by atoms with Crippen LogP contribution >= 0.6 is 0 Å². The monoisotopic (exact) mass is 319 g/mol. The molecule has 0 saturated carbocycles. The average molecular weight is 319 g/mol. The standard InChI is InChI=1S/C18H19F2NO2/c1-12-5-2-3-7-14(12)16(22)11-21-17(23)10-9-13-6-4-8-15(19)18(13)20/h2-8,16,22H,9-11H2,1H3,(H,21,23). The average Bonchev–Trinajstić information content (AvgIpc) is 2.54. The molecule has 5 heteroatoms. The Labute approximate surface area is 134 Å². The summed E-state index contributed by atoms with van der Waals surface area (Å²) in [5.41, 5.74) is 1.86. The zero-order valence-electron chi connectivity index (χ0n) is 12.9. The molecule has 0 radical (unpaired) electrons. The SMILES string of the molecule is Cc1ccccc1C(O)CNC(=O)CCc1cccc(F)c1F. The first-order valence-corrected chi connectivity index (χ1v) is 7.42. The lowest BCUT2D eigenvalue weighted by molar-refractivity contribution is -0.121. The lowest BCUT2D eigenvalue weighted by Crippen LogP contribution is -2.28. The number of halogens is 2. The van der Waals surface area contributed by atoms with Crippen LogP contribution in [0.3, 0.4) is 0 Å². The number of carbonyl (C=O) groups is 1. The molecule has 0 aliphatic carbocycles. The van der Waals surface area contributed by atoms with Crippen LogP contribution in [0.4, 0.5) is 8.78 Å². The fraction of sp³-hybridized carbons (Fsp3) is 0.278. The topological polar surface area (TPSA) is 49.3 Å². The van der Waals surface area contributed by atoms with Gasteiger partial charge in [0.1, 0.15) is 0 Å². The summed E-state index contributed by atoms with van der Waals surface area (Å²) >= 11 is 0. The molecule has 122 valence electrons. The van der Waals surface area contributed by atoms with Gasteiger partial charge in [-0.05, 0) is 36.1 Å². The molecule has 2 aromatic carbocycles. The Balaban J connectivity index is 1.84. The number of hydrogen-bond donors (Lipinski definition) is 2. The lowest BCUT2D eigenvalue weighted by Gasteiger charge is -2.14. The van der Waals surface area contributed by atoms with Crippen LogP contribution in [0.1, 0.15) is 29.2 Å². The third-order valence-corrected chi connectivity index (χ3v) is 3.69. The van der Waals surface area contributed by atoms with Crippen LogP contribution in [-0.4, -0.2) is 17.6 Å². The highest BCUT2D eigenvalue weighted by Crippen LogP contribution is 2.16. The third-order valence-electron chi connectivity index (χ3n) is 3.69. The van der Waals surface area contributed by atoms with Gasteiger partial charge >= 0.3 is 0 Å². The molecule has 0 aliphatic heterocycles. The molecule has 0 fully saturated rings. The summed E-state index contributed by atoms with van der Waals surface area (Å²) in [4.78, 5) is 11.8. The molecule has 0 aliphatic rings. The first-order valence-electron chi connectivity index (χ1n) is 7.42. The molecule has 0 aromatic heterocycles. The van der Waals surface area contributed by atoms with Gasteiger partial charge in [0.25, 0.3) is 0 Å². The maximum absolute atomic E-state index is 13.5. The summed E-state index contributed by atoms with van der Waals surface area (Å²) in [6.45, 7) is 1.96. The number of carbonyl (C=O) groups excluding carboxylic acids is 1. The van der Waals surface area contributed by atoms with Crippen molar-refractivity contribution < 1.29 is 18.7 Å². The molecular formula is C18H19F2NO2. The van der Waals surface area contributed by atoms with Gasteiger partial charge < -0.3 is 10.4 Å². The quantitative estimate of drug-likeness (QED) is 0.860. The van der Waals surface area contributed by atoms with Crippen molar-refractivity contribution in [2.45, 2.75) is 25.9 Å². The van der Waals surface area contributed by atoms with Gasteiger partial charge in [0.2, 0.25) is 5.91 Å². The van der Waals surface area contributed by atoms with E-state index in [-0.39, 0.29) is 30.9 Å². The van der Waals surface area contributed by atoms with E-state index in [1.807, 2.05) is 25.1 Å². The van der Waals surface area contributed by atoms with Crippen molar-refractivity contribution in [3.05, 3.63) is 70.8 Å². The Kier molecular flexibility index (Phi) is 5.82. The molecule has 2 aromatic rings. The van der Waals surface area contributed by atoms with Crippen LogP contribution in [0.15, 0.2) is 42.5 Å². The molecule has 0 spiro atoms. The van der Waals surface area contributed by atoms with Crippen LogP contribution in [0.25, 0.3) is 0 Å². The second kappa shape index (κ2) is 7.83. The van der Waals surface area contributed by atoms with E-state index in [1.165, 1.54) is 12.1 Å². The van der Waals surface area contributed by atoms with Crippen molar-refractivity contribution in [1.29, 1.82) is 0 Å². The summed E-state index contributed by atoms with van der Waals surface area (Å²) in [7, 11) is 0. The molecular weight excluding hydrogens is 300 g/mol. The van der Waals surface area contributed by atoms with Gasteiger partial charge in [-0.1, -0.05) is 36.4 Å². The fourth-order valence-electron chi connectivity index (χ4n) is 2.36. The maximum atomic E-state index is 13.5. The molecule has 2 N–H and O–H groups in total. The van der Waals surface area contributed by atoms with Crippen molar-refractivity contribution in [2.75, 3.05) is 6.54 Å². The van der Waals surface area contributed by atoms with Gasteiger partial charge in [-0.15, -0.1) is 0 Å². The van der Waals surface area contributed by atoms with E-state index in [1.54, 1.807) is 6.07 Å². The number of aryl methyl sites for hydroxylation is 2. The molecule has 0 bridgehead atoms. The second-order valence-electron chi connectivity index (χ2n) is 5.39. The van der Waals surface area contributed by atoms with Gasteiger partial charge in [0.05, 0.1) is 6.10 Å². The Hall–Kier alpha value is -2.27. The molecule has 23 heavy (non-hydrogen) atoms. The van der Waals surface area contributed by atoms with Crippen LogP contribution in [0, 0.1) is 18.6 Å². The van der Waals surface area contributed by atoms with Crippen molar-refractivity contribution in [1.82, 2.24) is 5.32 Å². The summed E-state index contributed by atoms with van der Waals surface area (Å²) in [6.07, 6.45) is -0.664. The lowest BCUT2D eigenvalue weighted by atomic mass is 10.0. The van der Waals surface area contributed by atoms with Crippen LogP contribution in [0.5, 0.6) is 0 Å². The first kappa shape index (κ1) is 17.1. The fourth-order valence-corrected chi connectivity index (χ4v) is 2.36. The van der Waals surface area contributed by atoms with Gasteiger partial charge in [-0.2, -0.15) is 0 Å². The predicted octanol–water partition coefficient (Wildman–Crippen LogP) is 3.06. The van der Waals surface area contributed by atoms with Gasteiger partial charge in [-0.3, -0.25) is 4.79 Å². The number of rotatable bonds is 6. The predicted molar refractivity (Wildman–Crippen MR) is 83.8 cm³/mol. The van der Waals surface area contributed by atoms with E-state index < -0.39 is 17.7 Å². The van der Waals surface area contributed by atoms with Crippen molar-refractivity contribution >= 4 is 5.91 Å². The zero-order chi connectivity index (χ0) is 16.8. The normalized spacial score (nSPS) is 12.0. The summed E-state index contributed by atoms with van der Waals surface area (Å²) < 4.78 is 26.6. The Morgan fingerprint density at radius 1 is 1.17 bits per heavy atom. The summed E-state index contributed by atoms with van der Waals surface area (Å²) in [5, 5.41) is 12.7.